The average molecular weight is 266 g/mol. The minimum Gasteiger partial charge on any atom is -0.320 e. The Balaban J connectivity index is 3.30. The van der Waals surface area contributed by atoms with E-state index in [1.165, 1.54) is 18.3 Å². The Bertz CT molecular complexity index is 465. The predicted octanol–water partition coefficient (Wildman–Crippen LogP) is 0.424. The Morgan fingerprint density at radius 3 is 2.12 bits per heavy atom. The molecule has 1 aromatic heterocycles. The van der Waals surface area contributed by atoms with E-state index < -0.39 is 20.4 Å². The van der Waals surface area contributed by atoms with Gasteiger partial charge < -0.3 is 19.6 Å². The molecule has 0 aliphatic rings. The fourth-order valence-electron chi connectivity index (χ4n) is 0.835. The van der Waals surface area contributed by atoms with Crippen LogP contribution in [0.3, 0.4) is 0 Å². The maximum absolute atomic E-state index is 10.8. The topological polar surface area (TPSA) is 140 Å². The molecule has 0 amide bonds. The number of pyridine rings is 1. The SMILES string of the molecule is O=P(O)(O)C(=Nc1cccnc1)P(=O)(O)O. The van der Waals surface area contributed by atoms with Crippen LogP contribution in [0, 0.1) is 0 Å². The molecule has 0 atom stereocenters. The summed E-state index contributed by atoms with van der Waals surface area (Å²) < 4.78 is 21.7. The van der Waals surface area contributed by atoms with Gasteiger partial charge in [-0.3, -0.25) is 14.1 Å². The van der Waals surface area contributed by atoms with Crippen LogP contribution in [0.5, 0.6) is 0 Å². The van der Waals surface area contributed by atoms with Gasteiger partial charge in [0.05, 0.1) is 11.9 Å². The van der Waals surface area contributed by atoms with Gasteiger partial charge in [0.1, 0.15) is 0 Å². The van der Waals surface area contributed by atoms with Gasteiger partial charge in [0, 0.05) is 6.20 Å². The molecule has 0 fully saturated rings. The largest absolute Gasteiger partial charge is 0.382 e. The van der Waals surface area contributed by atoms with Crippen molar-refractivity contribution < 1.29 is 28.7 Å². The fraction of sp³-hybridized carbons (Fsp3) is 0. The third-order valence-corrected chi connectivity index (χ3v) is 4.20. The Kier molecular flexibility index (Phi) is 3.75. The highest BCUT2D eigenvalue weighted by molar-refractivity contribution is 7.97. The molecule has 8 nitrogen and oxygen atoms in total. The van der Waals surface area contributed by atoms with Gasteiger partial charge >= 0.3 is 15.2 Å². The molecular formula is C6H8N2O6P2. The van der Waals surface area contributed by atoms with E-state index in [-0.39, 0.29) is 5.69 Å². The molecule has 1 aromatic rings. The molecule has 0 spiro atoms. The second-order valence-electron chi connectivity index (χ2n) is 2.71. The van der Waals surface area contributed by atoms with Crippen molar-refractivity contribution in [3.8, 4) is 0 Å². The first-order chi connectivity index (χ1) is 7.21. The van der Waals surface area contributed by atoms with Gasteiger partial charge in [-0.15, -0.1) is 0 Å². The molecule has 0 unspecified atom stereocenters. The molecule has 0 saturated carbocycles. The molecular weight excluding hydrogens is 258 g/mol. The van der Waals surface area contributed by atoms with E-state index >= 15 is 0 Å². The summed E-state index contributed by atoms with van der Waals surface area (Å²) in [6.45, 7) is 0. The van der Waals surface area contributed by atoms with Gasteiger partial charge in [0.15, 0.2) is 0 Å². The first-order valence-electron chi connectivity index (χ1n) is 3.82. The van der Waals surface area contributed by atoms with E-state index in [1.807, 2.05) is 0 Å². The predicted molar refractivity (Wildman–Crippen MR) is 55.4 cm³/mol. The number of aliphatic imine (C=N–C) groups is 1. The Morgan fingerprint density at radius 1 is 1.19 bits per heavy atom. The summed E-state index contributed by atoms with van der Waals surface area (Å²) in [5.41, 5.74) is -0.0517. The zero-order valence-corrected chi connectivity index (χ0v) is 9.49. The van der Waals surface area contributed by atoms with Crippen LogP contribution in [-0.2, 0) is 9.13 Å². The smallest absolute Gasteiger partial charge is 0.320 e. The maximum atomic E-state index is 10.8. The van der Waals surface area contributed by atoms with Crippen molar-refractivity contribution in [2.45, 2.75) is 0 Å². The van der Waals surface area contributed by atoms with Gasteiger partial charge in [-0.1, -0.05) is 0 Å². The highest BCUT2D eigenvalue weighted by Crippen LogP contribution is 2.55. The summed E-state index contributed by atoms with van der Waals surface area (Å²) in [4.78, 5) is 41.8. The molecule has 0 bridgehead atoms. The van der Waals surface area contributed by atoms with Crippen molar-refractivity contribution in [2.24, 2.45) is 4.99 Å². The Morgan fingerprint density at radius 2 is 1.75 bits per heavy atom. The summed E-state index contributed by atoms with van der Waals surface area (Å²) >= 11 is 0. The first kappa shape index (κ1) is 13.2. The lowest BCUT2D eigenvalue weighted by atomic mass is 10.4. The summed E-state index contributed by atoms with van der Waals surface area (Å²) in [6.07, 6.45) is 2.50. The zero-order chi connectivity index (χ0) is 12.4. The number of rotatable bonds is 3. The second-order valence-corrected chi connectivity index (χ2v) is 6.09. The van der Waals surface area contributed by atoms with Crippen molar-refractivity contribution in [1.82, 2.24) is 4.98 Å². The molecule has 10 heteroatoms. The molecule has 4 N–H and O–H groups in total. The number of hydrogen-bond acceptors (Lipinski definition) is 4. The van der Waals surface area contributed by atoms with Gasteiger partial charge in [-0.25, -0.2) is 4.99 Å². The number of aromatic nitrogens is 1. The minimum atomic E-state index is -5.10. The highest BCUT2D eigenvalue weighted by atomic mass is 31.2. The van der Waals surface area contributed by atoms with Crippen LogP contribution in [0.25, 0.3) is 0 Å². The Labute approximate surface area is 90.0 Å². The third-order valence-electron chi connectivity index (χ3n) is 1.40. The summed E-state index contributed by atoms with van der Waals surface area (Å²) in [5.74, 6) is 0. The quantitative estimate of drug-likeness (QED) is 0.459. The molecule has 0 aromatic carbocycles. The molecule has 16 heavy (non-hydrogen) atoms. The molecule has 1 heterocycles. The molecule has 1 rings (SSSR count). The van der Waals surface area contributed by atoms with Gasteiger partial charge in [-0.05, 0) is 12.1 Å². The van der Waals surface area contributed by atoms with E-state index in [4.69, 9.17) is 19.6 Å². The van der Waals surface area contributed by atoms with Crippen LogP contribution in [0.1, 0.15) is 0 Å². The first-order valence-corrected chi connectivity index (χ1v) is 7.04. The van der Waals surface area contributed by atoms with E-state index in [9.17, 15) is 9.13 Å². The van der Waals surface area contributed by atoms with Crippen LogP contribution in [0.15, 0.2) is 29.5 Å². The van der Waals surface area contributed by atoms with Gasteiger partial charge in [0.2, 0.25) is 5.19 Å². The standard InChI is InChI=1S/C6H8N2O6P2/c9-15(10,11)6(16(12,13)14)8-5-2-1-3-7-4-5/h1-4H,(H2,9,10,11)(H2,12,13,14). The molecule has 0 saturated heterocycles. The van der Waals surface area contributed by atoms with Crippen LogP contribution in [0.2, 0.25) is 0 Å². The Hall–Kier alpha value is -0.880. The highest BCUT2D eigenvalue weighted by Gasteiger charge is 2.38. The lowest BCUT2D eigenvalue weighted by Gasteiger charge is -2.09. The van der Waals surface area contributed by atoms with Crippen molar-refractivity contribution in [2.75, 3.05) is 0 Å². The van der Waals surface area contributed by atoms with Crippen molar-refractivity contribution in [3.05, 3.63) is 24.5 Å². The third kappa shape index (κ3) is 3.61. The van der Waals surface area contributed by atoms with E-state index in [1.54, 1.807) is 0 Å². The van der Waals surface area contributed by atoms with E-state index in [0.717, 1.165) is 6.20 Å². The molecule has 0 radical (unpaired) electrons. The van der Waals surface area contributed by atoms with Gasteiger partial charge in [0.25, 0.3) is 0 Å². The summed E-state index contributed by atoms with van der Waals surface area (Å²) in [6, 6.07) is 2.72. The molecule has 88 valence electrons. The van der Waals surface area contributed by atoms with Crippen molar-refractivity contribution >= 4 is 26.1 Å². The van der Waals surface area contributed by atoms with Crippen molar-refractivity contribution in [3.63, 3.8) is 0 Å². The second kappa shape index (κ2) is 4.55. The lowest BCUT2D eigenvalue weighted by molar-refractivity contribution is 0.381. The number of nitrogens with zero attached hydrogens (tertiary/aromatic N) is 2. The minimum absolute atomic E-state index is 0.0517. The fourth-order valence-corrected chi connectivity index (χ4v) is 2.68. The van der Waals surface area contributed by atoms with Crippen molar-refractivity contribution in [1.29, 1.82) is 0 Å². The van der Waals surface area contributed by atoms with Crippen LogP contribution < -0.4 is 0 Å². The average Bonchev–Trinajstić information content (AvgIpc) is 2.12. The van der Waals surface area contributed by atoms with E-state index in [2.05, 4.69) is 9.98 Å². The normalized spacial score (nSPS) is 12.2. The zero-order valence-electron chi connectivity index (χ0n) is 7.70. The van der Waals surface area contributed by atoms with E-state index in [0.29, 0.717) is 0 Å². The lowest BCUT2D eigenvalue weighted by Crippen LogP contribution is -2.00. The van der Waals surface area contributed by atoms with Crippen LogP contribution in [-0.4, -0.2) is 29.8 Å². The van der Waals surface area contributed by atoms with Gasteiger partial charge in [-0.2, -0.15) is 0 Å². The van der Waals surface area contributed by atoms with Crippen LogP contribution >= 0.6 is 15.2 Å². The monoisotopic (exact) mass is 266 g/mol. The molecule has 0 aliphatic heterocycles. The maximum Gasteiger partial charge on any atom is 0.382 e. The van der Waals surface area contributed by atoms with Crippen LogP contribution in [0.4, 0.5) is 5.69 Å². The molecule has 0 aliphatic carbocycles. The summed E-state index contributed by atoms with van der Waals surface area (Å²) in [7, 11) is -10.2. The summed E-state index contributed by atoms with van der Waals surface area (Å²) in [5, 5.41) is -1.46. The number of hydrogen-bond donors (Lipinski definition) is 4.